The van der Waals surface area contributed by atoms with E-state index in [2.05, 4.69) is 6.58 Å². The van der Waals surface area contributed by atoms with Gasteiger partial charge in [-0.05, 0) is 0 Å². The minimum atomic E-state index is -3.62. The van der Waals surface area contributed by atoms with E-state index in [0.717, 1.165) is 4.31 Å². The topological polar surface area (TPSA) is 94.9 Å². The molecule has 0 aliphatic carbocycles. The first-order valence-electron chi connectivity index (χ1n) is 4.35. The molecule has 88 valence electrons. The summed E-state index contributed by atoms with van der Waals surface area (Å²) in [5.74, 6) is -1.63. The Bertz CT molecular complexity index is 311. The van der Waals surface area contributed by atoms with Crippen LogP contribution in [0.25, 0.3) is 0 Å². The van der Waals surface area contributed by atoms with Crippen molar-refractivity contribution in [2.45, 2.75) is 6.42 Å². The molecule has 0 aliphatic rings. The van der Waals surface area contributed by atoms with E-state index in [1.165, 1.54) is 6.08 Å². The van der Waals surface area contributed by atoms with Gasteiger partial charge in [-0.1, -0.05) is 6.08 Å². The van der Waals surface area contributed by atoms with E-state index in [1.807, 2.05) is 0 Å². The largest absolute Gasteiger partial charge is 0.481 e. The highest BCUT2D eigenvalue weighted by Gasteiger charge is 2.21. The molecule has 0 spiro atoms. The maximum atomic E-state index is 11.5. The maximum absolute atomic E-state index is 11.5. The van der Waals surface area contributed by atoms with Gasteiger partial charge in [-0.2, -0.15) is 4.31 Å². The molecule has 0 bridgehead atoms. The van der Waals surface area contributed by atoms with Gasteiger partial charge in [0.05, 0.1) is 18.8 Å². The van der Waals surface area contributed by atoms with E-state index in [0.29, 0.717) is 0 Å². The molecule has 0 aliphatic heterocycles. The fourth-order valence-electron chi connectivity index (χ4n) is 0.945. The van der Waals surface area contributed by atoms with Gasteiger partial charge in [0.2, 0.25) is 10.0 Å². The van der Waals surface area contributed by atoms with E-state index in [-0.39, 0.29) is 19.7 Å². The molecule has 0 radical (unpaired) electrons. The summed E-state index contributed by atoms with van der Waals surface area (Å²) in [5, 5.41) is 17.0. The van der Waals surface area contributed by atoms with Crippen LogP contribution in [0.4, 0.5) is 0 Å². The van der Waals surface area contributed by atoms with E-state index in [4.69, 9.17) is 10.2 Å². The highest BCUT2D eigenvalue weighted by molar-refractivity contribution is 7.89. The number of aliphatic hydroxyl groups excluding tert-OH is 1. The Balaban J connectivity index is 4.48. The van der Waals surface area contributed by atoms with Crippen molar-refractivity contribution in [2.75, 3.05) is 25.4 Å². The lowest BCUT2D eigenvalue weighted by Gasteiger charge is -2.18. The highest BCUT2D eigenvalue weighted by atomic mass is 32.2. The summed E-state index contributed by atoms with van der Waals surface area (Å²) < 4.78 is 24.0. The standard InChI is InChI=1S/C8H15NO5S/c1-2-4-9(5-6-10)15(13,14)7-3-8(11)12/h2,10H,1,3-7H2,(H,11,12). The Kier molecular flexibility index (Phi) is 6.14. The van der Waals surface area contributed by atoms with Crippen molar-refractivity contribution in [1.29, 1.82) is 0 Å². The zero-order valence-corrected chi connectivity index (χ0v) is 9.11. The Morgan fingerprint density at radius 1 is 1.47 bits per heavy atom. The molecule has 0 saturated carbocycles. The van der Waals surface area contributed by atoms with Crippen molar-refractivity contribution < 1.29 is 23.4 Å². The first kappa shape index (κ1) is 14.1. The molecule has 0 saturated heterocycles. The third kappa shape index (κ3) is 5.50. The monoisotopic (exact) mass is 237 g/mol. The number of nitrogens with zero attached hydrogens (tertiary/aromatic N) is 1. The molecule has 0 fully saturated rings. The molecule has 7 heteroatoms. The molecule has 0 rings (SSSR count). The predicted octanol–water partition coefficient (Wildman–Crippen LogP) is -0.729. The molecule has 0 amide bonds. The third-order valence-corrected chi connectivity index (χ3v) is 3.49. The lowest BCUT2D eigenvalue weighted by Crippen LogP contribution is -2.36. The highest BCUT2D eigenvalue weighted by Crippen LogP contribution is 2.03. The number of hydrogen-bond acceptors (Lipinski definition) is 4. The third-order valence-electron chi connectivity index (χ3n) is 1.65. The molecule has 0 unspecified atom stereocenters. The second-order valence-corrected chi connectivity index (χ2v) is 4.92. The van der Waals surface area contributed by atoms with Gasteiger partial charge in [0.25, 0.3) is 0 Å². The van der Waals surface area contributed by atoms with Crippen LogP contribution in [0.2, 0.25) is 0 Å². The van der Waals surface area contributed by atoms with Gasteiger partial charge in [0, 0.05) is 13.1 Å². The SMILES string of the molecule is C=CCN(CCO)S(=O)(=O)CCC(=O)O. The lowest BCUT2D eigenvalue weighted by atomic mass is 10.5. The summed E-state index contributed by atoms with van der Waals surface area (Å²) in [5.41, 5.74) is 0. The van der Waals surface area contributed by atoms with E-state index < -0.39 is 28.2 Å². The minimum absolute atomic E-state index is 0.0476. The Morgan fingerprint density at radius 2 is 2.07 bits per heavy atom. The van der Waals surface area contributed by atoms with Crippen molar-refractivity contribution in [3.8, 4) is 0 Å². The van der Waals surface area contributed by atoms with Crippen molar-refractivity contribution in [3.63, 3.8) is 0 Å². The Morgan fingerprint density at radius 3 is 2.47 bits per heavy atom. The van der Waals surface area contributed by atoms with Crippen molar-refractivity contribution in [2.24, 2.45) is 0 Å². The molecular weight excluding hydrogens is 222 g/mol. The second kappa shape index (κ2) is 6.54. The molecule has 0 aromatic heterocycles. The normalized spacial score (nSPS) is 11.6. The van der Waals surface area contributed by atoms with Gasteiger partial charge >= 0.3 is 5.97 Å². The fraction of sp³-hybridized carbons (Fsp3) is 0.625. The number of carbonyl (C=O) groups is 1. The van der Waals surface area contributed by atoms with Crippen molar-refractivity contribution in [3.05, 3.63) is 12.7 Å². The molecule has 0 atom stereocenters. The summed E-state index contributed by atoms with van der Waals surface area (Å²) >= 11 is 0. The van der Waals surface area contributed by atoms with Crippen LogP contribution in [-0.2, 0) is 14.8 Å². The lowest BCUT2D eigenvalue weighted by molar-refractivity contribution is -0.136. The van der Waals surface area contributed by atoms with Crippen LogP contribution < -0.4 is 0 Å². The van der Waals surface area contributed by atoms with Gasteiger partial charge in [0.1, 0.15) is 0 Å². The van der Waals surface area contributed by atoms with E-state index in [9.17, 15) is 13.2 Å². The van der Waals surface area contributed by atoms with Crippen LogP contribution >= 0.6 is 0 Å². The maximum Gasteiger partial charge on any atom is 0.304 e. The first-order chi connectivity index (χ1) is 6.94. The summed E-state index contributed by atoms with van der Waals surface area (Å²) in [6.07, 6.45) is 0.940. The number of aliphatic hydroxyl groups is 1. The number of rotatable bonds is 8. The van der Waals surface area contributed by atoms with Crippen LogP contribution in [0.3, 0.4) is 0 Å². The number of hydrogen-bond donors (Lipinski definition) is 2. The molecule has 0 heterocycles. The minimum Gasteiger partial charge on any atom is -0.481 e. The number of aliphatic carboxylic acids is 1. The van der Waals surface area contributed by atoms with Crippen molar-refractivity contribution >= 4 is 16.0 Å². The second-order valence-electron chi connectivity index (χ2n) is 2.83. The van der Waals surface area contributed by atoms with Crippen LogP contribution in [-0.4, -0.2) is 54.4 Å². The van der Waals surface area contributed by atoms with Crippen LogP contribution in [0.1, 0.15) is 6.42 Å². The average molecular weight is 237 g/mol. The summed E-state index contributed by atoms with van der Waals surface area (Å²) in [7, 11) is -3.62. The molecule has 15 heavy (non-hydrogen) atoms. The van der Waals surface area contributed by atoms with Gasteiger partial charge in [0.15, 0.2) is 0 Å². The average Bonchev–Trinajstić information content (AvgIpc) is 2.15. The molecule has 0 aromatic rings. The number of carboxylic acids is 1. The zero-order chi connectivity index (χ0) is 11.9. The molecule has 0 aromatic carbocycles. The van der Waals surface area contributed by atoms with Gasteiger partial charge < -0.3 is 10.2 Å². The summed E-state index contributed by atoms with van der Waals surface area (Å²) in [6, 6.07) is 0. The van der Waals surface area contributed by atoms with Crippen LogP contribution in [0.15, 0.2) is 12.7 Å². The van der Waals surface area contributed by atoms with Crippen molar-refractivity contribution in [1.82, 2.24) is 4.31 Å². The number of carboxylic acid groups (broad SMARTS) is 1. The quantitative estimate of drug-likeness (QED) is 0.543. The zero-order valence-electron chi connectivity index (χ0n) is 8.29. The fourth-order valence-corrected chi connectivity index (χ4v) is 2.33. The molecular formula is C8H15NO5S. The van der Waals surface area contributed by atoms with E-state index in [1.54, 1.807) is 0 Å². The van der Waals surface area contributed by atoms with Gasteiger partial charge in [-0.15, -0.1) is 6.58 Å². The van der Waals surface area contributed by atoms with Gasteiger partial charge in [-0.25, -0.2) is 8.42 Å². The Hall–Kier alpha value is -0.920. The summed E-state index contributed by atoms with van der Waals surface area (Å²) in [6.45, 7) is 3.11. The van der Waals surface area contributed by atoms with Gasteiger partial charge in [-0.3, -0.25) is 4.79 Å². The Labute approximate surface area is 88.9 Å². The number of sulfonamides is 1. The molecule has 6 nitrogen and oxygen atoms in total. The van der Waals surface area contributed by atoms with Crippen LogP contribution in [0.5, 0.6) is 0 Å². The smallest absolute Gasteiger partial charge is 0.304 e. The summed E-state index contributed by atoms with van der Waals surface area (Å²) in [4.78, 5) is 10.2. The van der Waals surface area contributed by atoms with Crippen LogP contribution in [0, 0.1) is 0 Å². The predicted molar refractivity (Wildman–Crippen MR) is 54.9 cm³/mol. The molecule has 2 N–H and O–H groups in total. The van der Waals surface area contributed by atoms with E-state index >= 15 is 0 Å². The first-order valence-corrected chi connectivity index (χ1v) is 5.96.